The van der Waals surface area contributed by atoms with E-state index in [2.05, 4.69) is 46.6 Å². The molecule has 1 saturated heterocycles. The lowest BCUT2D eigenvalue weighted by molar-refractivity contribution is -0.132. The highest BCUT2D eigenvalue weighted by Crippen LogP contribution is 2.28. The standard InChI is InChI=1S/C32H38N4O5/c1-5-26(28-7-6-8-29(34-28)35-31(39-4)27(18-33)32(37)38)30(21(2)3)41-20-22-9-10-24-19-36(14-11-23(24)17-22)25-12-15-40-16-13-25/h5-10,17-18,25,33H,1-2,11-16,19-20H2,3-4H3,(H,34,35)(H,37,38)/b30-26-,31-27-,33-18?. The number of anilines is 1. The normalized spacial score (nSPS) is 16.9. The van der Waals surface area contributed by atoms with E-state index in [1.54, 1.807) is 18.2 Å². The largest absolute Gasteiger partial charge is 0.488 e. The van der Waals surface area contributed by atoms with Crippen molar-refractivity contribution < 1.29 is 24.1 Å². The van der Waals surface area contributed by atoms with Crippen molar-refractivity contribution >= 4 is 23.6 Å². The number of hydrogen-bond donors (Lipinski definition) is 3. The van der Waals surface area contributed by atoms with E-state index >= 15 is 0 Å². The molecule has 0 aliphatic carbocycles. The zero-order valence-corrected chi connectivity index (χ0v) is 23.7. The maximum absolute atomic E-state index is 11.5. The van der Waals surface area contributed by atoms with Crippen LogP contribution in [0.5, 0.6) is 0 Å². The first-order valence-corrected chi connectivity index (χ1v) is 13.7. The summed E-state index contributed by atoms with van der Waals surface area (Å²) in [6, 6.07) is 12.4. The summed E-state index contributed by atoms with van der Waals surface area (Å²) in [4.78, 5) is 18.7. The van der Waals surface area contributed by atoms with Gasteiger partial charge in [-0.1, -0.05) is 43.5 Å². The van der Waals surface area contributed by atoms with E-state index < -0.39 is 5.97 Å². The first-order valence-electron chi connectivity index (χ1n) is 13.7. The minimum absolute atomic E-state index is 0.0963. The Balaban J connectivity index is 1.52. The summed E-state index contributed by atoms with van der Waals surface area (Å²) in [6.45, 7) is 14.1. The average Bonchev–Trinajstić information content (AvgIpc) is 2.99. The van der Waals surface area contributed by atoms with Crippen LogP contribution in [0.2, 0.25) is 0 Å². The van der Waals surface area contributed by atoms with E-state index in [4.69, 9.17) is 19.6 Å². The van der Waals surface area contributed by atoms with Gasteiger partial charge in [0.25, 0.3) is 0 Å². The Kier molecular flexibility index (Phi) is 10.1. The summed E-state index contributed by atoms with van der Waals surface area (Å²) >= 11 is 0. The Bertz CT molecular complexity index is 1370. The Hall–Kier alpha value is -4.21. The van der Waals surface area contributed by atoms with Gasteiger partial charge in [0.15, 0.2) is 0 Å². The van der Waals surface area contributed by atoms with Crippen molar-refractivity contribution in [3.05, 3.63) is 101 Å². The topological polar surface area (TPSA) is 117 Å². The highest BCUT2D eigenvalue weighted by Gasteiger charge is 2.25. The zero-order valence-electron chi connectivity index (χ0n) is 23.7. The lowest BCUT2D eigenvalue weighted by Crippen LogP contribution is -2.42. The number of hydrogen-bond acceptors (Lipinski definition) is 8. The first-order chi connectivity index (χ1) is 19.8. The van der Waals surface area contributed by atoms with Gasteiger partial charge in [0.05, 0.1) is 12.8 Å². The lowest BCUT2D eigenvalue weighted by Gasteiger charge is -2.37. The third-order valence-electron chi connectivity index (χ3n) is 7.33. The van der Waals surface area contributed by atoms with Gasteiger partial charge >= 0.3 is 5.97 Å². The fourth-order valence-electron chi connectivity index (χ4n) is 5.20. The molecule has 2 aliphatic rings. The summed E-state index contributed by atoms with van der Waals surface area (Å²) < 4.78 is 17.0. The maximum Gasteiger partial charge on any atom is 0.342 e. The van der Waals surface area contributed by atoms with Crippen LogP contribution in [-0.4, -0.2) is 60.1 Å². The van der Waals surface area contributed by atoms with Gasteiger partial charge in [-0.05, 0) is 60.6 Å². The predicted molar refractivity (Wildman–Crippen MR) is 159 cm³/mol. The number of aromatic nitrogens is 1. The molecule has 2 aliphatic heterocycles. The summed E-state index contributed by atoms with van der Waals surface area (Å²) in [7, 11) is 1.32. The summed E-state index contributed by atoms with van der Waals surface area (Å²) in [5.41, 5.74) is 5.43. The molecule has 0 spiro atoms. The number of benzene rings is 1. The van der Waals surface area contributed by atoms with Gasteiger partial charge in [0.2, 0.25) is 5.88 Å². The number of aliphatic carboxylic acids is 1. The van der Waals surface area contributed by atoms with Crippen molar-refractivity contribution in [1.29, 1.82) is 5.41 Å². The predicted octanol–water partition coefficient (Wildman–Crippen LogP) is 5.31. The maximum atomic E-state index is 11.5. The number of carboxylic acid groups (broad SMARTS) is 1. The molecular formula is C32H38N4O5. The molecule has 3 N–H and O–H groups in total. The molecule has 41 heavy (non-hydrogen) atoms. The van der Waals surface area contributed by atoms with Crippen molar-refractivity contribution in [1.82, 2.24) is 9.88 Å². The zero-order chi connectivity index (χ0) is 29.4. The Morgan fingerprint density at radius 1 is 1.27 bits per heavy atom. The van der Waals surface area contributed by atoms with Crippen LogP contribution in [0, 0.1) is 5.41 Å². The number of nitrogens with one attached hydrogen (secondary N) is 2. The highest BCUT2D eigenvalue weighted by molar-refractivity contribution is 6.08. The molecular weight excluding hydrogens is 520 g/mol. The molecule has 0 radical (unpaired) electrons. The number of rotatable bonds is 12. The van der Waals surface area contributed by atoms with Crippen molar-refractivity contribution in [2.75, 3.05) is 32.2 Å². The van der Waals surface area contributed by atoms with Gasteiger partial charge < -0.3 is 30.0 Å². The third kappa shape index (κ3) is 7.31. The molecule has 3 heterocycles. The minimum atomic E-state index is -1.29. The third-order valence-corrected chi connectivity index (χ3v) is 7.33. The van der Waals surface area contributed by atoms with E-state index in [0.717, 1.165) is 56.7 Å². The van der Waals surface area contributed by atoms with Crippen molar-refractivity contribution in [2.45, 2.75) is 45.4 Å². The molecule has 1 aromatic carbocycles. The minimum Gasteiger partial charge on any atom is -0.488 e. The fraction of sp³-hybridized carbons (Fsp3) is 0.344. The molecule has 0 saturated carbocycles. The number of pyridine rings is 1. The van der Waals surface area contributed by atoms with Gasteiger partial charge in [-0.15, -0.1) is 0 Å². The number of ether oxygens (including phenoxy) is 3. The second-order valence-electron chi connectivity index (χ2n) is 10.1. The molecule has 0 amide bonds. The SMILES string of the molecule is C=C/C(=C(/OCc1ccc2c(c1)CCN(C1CCOCC1)C2)C(=C)C)c1cccc(N/C(OC)=C(\C=N)C(=O)O)n1. The quantitative estimate of drug-likeness (QED) is 0.139. The van der Waals surface area contributed by atoms with Gasteiger partial charge in [-0.2, -0.15) is 0 Å². The van der Waals surface area contributed by atoms with Gasteiger partial charge in [0, 0.05) is 44.1 Å². The Morgan fingerprint density at radius 2 is 2.05 bits per heavy atom. The van der Waals surface area contributed by atoms with E-state index in [1.165, 1.54) is 18.2 Å². The van der Waals surface area contributed by atoms with E-state index in [-0.39, 0.29) is 11.5 Å². The molecule has 0 unspecified atom stereocenters. The van der Waals surface area contributed by atoms with Crippen LogP contribution in [0.15, 0.2) is 78.4 Å². The average molecular weight is 559 g/mol. The van der Waals surface area contributed by atoms with E-state index in [1.807, 2.05) is 13.0 Å². The monoisotopic (exact) mass is 558 g/mol. The van der Waals surface area contributed by atoms with Crippen molar-refractivity contribution in [3.8, 4) is 0 Å². The van der Waals surface area contributed by atoms with Crippen LogP contribution in [0.4, 0.5) is 5.82 Å². The number of fused-ring (bicyclic) bond motifs is 1. The number of carboxylic acids is 1. The van der Waals surface area contributed by atoms with Gasteiger partial charge in [-0.25, -0.2) is 9.78 Å². The Morgan fingerprint density at radius 3 is 2.71 bits per heavy atom. The van der Waals surface area contributed by atoms with Gasteiger partial charge in [-0.3, -0.25) is 4.90 Å². The highest BCUT2D eigenvalue weighted by atomic mass is 16.5. The first kappa shape index (κ1) is 29.8. The van der Waals surface area contributed by atoms with Crippen LogP contribution in [0.1, 0.15) is 42.1 Å². The lowest BCUT2D eigenvalue weighted by atomic mass is 9.95. The summed E-state index contributed by atoms with van der Waals surface area (Å²) in [6.07, 6.45) is 5.61. The number of allylic oxidation sites excluding steroid dienone is 3. The number of methoxy groups -OCH3 is 1. The molecule has 0 atom stereocenters. The molecule has 1 fully saturated rings. The second-order valence-corrected chi connectivity index (χ2v) is 10.1. The number of carbonyl (C=O) groups is 1. The second kappa shape index (κ2) is 13.9. The molecule has 4 rings (SSSR count). The van der Waals surface area contributed by atoms with Crippen molar-refractivity contribution in [3.63, 3.8) is 0 Å². The molecule has 2 aromatic rings. The fourth-order valence-corrected chi connectivity index (χ4v) is 5.20. The molecule has 1 aromatic heterocycles. The smallest absolute Gasteiger partial charge is 0.342 e. The molecule has 0 bridgehead atoms. The number of nitrogens with zero attached hydrogens (tertiary/aromatic N) is 2. The van der Waals surface area contributed by atoms with Crippen LogP contribution >= 0.6 is 0 Å². The molecule has 216 valence electrons. The molecule has 9 heteroatoms. The van der Waals surface area contributed by atoms with Gasteiger partial charge in [0.1, 0.15) is 23.8 Å². The van der Waals surface area contributed by atoms with Crippen LogP contribution < -0.4 is 5.32 Å². The van der Waals surface area contributed by atoms with Crippen LogP contribution in [-0.2, 0) is 38.6 Å². The summed E-state index contributed by atoms with van der Waals surface area (Å²) in [5, 5.41) is 19.6. The van der Waals surface area contributed by atoms with Crippen LogP contribution in [0.25, 0.3) is 5.57 Å². The van der Waals surface area contributed by atoms with E-state index in [9.17, 15) is 9.90 Å². The summed E-state index contributed by atoms with van der Waals surface area (Å²) in [5.74, 6) is -0.476. The molecule has 9 nitrogen and oxygen atoms in total. The van der Waals surface area contributed by atoms with Crippen LogP contribution in [0.3, 0.4) is 0 Å². The van der Waals surface area contributed by atoms with Crippen molar-refractivity contribution in [2.24, 2.45) is 0 Å². The van der Waals surface area contributed by atoms with E-state index in [0.29, 0.717) is 41.7 Å². The Labute approximate surface area is 241 Å².